The number of benzene rings is 1. The van der Waals surface area contributed by atoms with E-state index in [2.05, 4.69) is 28.1 Å². The van der Waals surface area contributed by atoms with Crippen molar-refractivity contribution in [2.75, 3.05) is 38.3 Å². The third-order valence-electron chi connectivity index (χ3n) is 4.95. The molecule has 0 N–H and O–H groups in total. The second kappa shape index (κ2) is 8.40. The van der Waals surface area contributed by atoms with Gasteiger partial charge in [0, 0.05) is 38.4 Å². The topological polar surface area (TPSA) is 76.4 Å². The Labute approximate surface area is 169 Å². The maximum atomic E-state index is 12.7. The van der Waals surface area contributed by atoms with Crippen LogP contribution in [0.25, 0.3) is 5.69 Å². The maximum absolute atomic E-state index is 12.7. The van der Waals surface area contributed by atoms with Gasteiger partial charge in [-0.2, -0.15) is 5.10 Å². The molecule has 0 radical (unpaired) electrons. The van der Waals surface area contributed by atoms with Crippen LogP contribution in [0.5, 0.6) is 0 Å². The van der Waals surface area contributed by atoms with Gasteiger partial charge in [0.05, 0.1) is 37.5 Å². The molecule has 1 aliphatic rings. The number of carbonyl (C=O) groups is 1. The van der Waals surface area contributed by atoms with E-state index < -0.39 is 0 Å². The summed E-state index contributed by atoms with van der Waals surface area (Å²) >= 11 is 0. The summed E-state index contributed by atoms with van der Waals surface area (Å²) in [7, 11) is 1.93. The lowest BCUT2D eigenvalue weighted by Gasteiger charge is -2.26. The first kappa shape index (κ1) is 19.1. The van der Waals surface area contributed by atoms with Crippen LogP contribution in [0.15, 0.2) is 49.1 Å². The first-order chi connectivity index (χ1) is 14.1. The van der Waals surface area contributed by atoms with Crippen LogP contribution in [-0.2, 0) is 11.3 Å². The van der Waals surface area contributed by atoms with Gasteiger partial charge in [-0.3, -0.25) is 9.78 Å². The van der Waals surface area contributed by atoms with Gasteiger partial charge in [-0.05, 0) is 18.6 Å². The molecule has 150 valence electrons. The highest BCUT2D eigenvalue weighted by atomic mass is 16.5. The predicted octanol–water partition coefficient (Wildman–Crippen LogP) is 2.08. The van der Waals surface area contributed by atoms with E-state index in [1.165, 1.54) is 6.20 Å². The number of hydrogen-bond acceptors (Lipinski definition) is 6. The number of para-hydroxylation sites is 1. The summed E-state index contributed by atoms with van der Waals surface area (Å²) in [6.45, 7) is 4.95. The highest BCUT2D eigenvalue weighted by Crippen LogP contribution is 2.16. The van der Waals surface area contributed by atoms with Gasteiger partial charge in [-0.15, -0.1) is 0 Å². The number of aromatic nitrogens is 4. The van der Waals surface area contributed by atoms with Crippen molar-refractivity contribution < 1.29 is 9.53 Å². The molecule has 3 aromatic rings. The van der Waals surface area contributed by atoms with Crippen LogP contribution >= 0.6 is 0 Å². The van der Waals surface area contributed by atoms with E-state index in [9.17, 15) is 4.79 Å². The standard InChI is InChI=1S/C21H24N6O2/c1-16-5-3-4-6-19(16)27-15-17(11-23-27)14-25(2)20-13-22-12-18(24-20)21(28)26-7-9-29-10-8-26/h3-6,11-13,15H,7-10,14H2,1-2H3. The lowest BCUT2D eigenvalue weighted by atomic mass is 10.2. The molecule has 1 fully saturated rings. The zero-order valence-corrected chi connectivity index (χ0v) is 16.7. The molecule has 0 unspecified atom stereocenters. The zero-order valence-electron chi connectivity index (χ0n) is 16.7. The van der Waals surface area contributed by atoms with Crippen molar-refractivity contribution in [3.8, 4) is 5.69 Å². The quantitative estimate of drug-likeness (QED) is 0.662. The minimum absolute atomic E-state index is 0.108. The minimum atomic E-state index is -0.108. The normalized spacial score (nSPS) is 14.1. The summed E-state index contributed by atoms with van der Waals surface area (Å²) < 4.78 is 7.19. The van der Waals surface area contributed by atoms with E-state index in [1.807, 2.05) is 47.2 Å². The minimum Gasteiger partial charge on any atom is -0.378 e. The first-order valence-electron chi connectivity index (χ1n) is 9.61. The van der Waals surface area contributed by atoms with Crippen LogP contribution in [0.2, 0.25) is 0 Å². The second-order valence-electron chi connectivity index (χ2n) is 7.10. The van der Waals surface area contributed by atoms with Gasteiger partial charge in [0.2, 0.25) is 0 Å². The molecule has 29 heavy (non-hydrogen) atoms. The van der Waals surface area contributed by atoms with Crippen LogP contribution in [-0.4, -0.2) is 63.9 Å². The van der Waals surface area contributed by atoms with Crippen LogP contribution in [0.1, 0.15) is 21.6 Å². The van der Waals surface area contributed by atoms with Gasteiger partial charge in [0.1, 0.15) is 11.5 Å². The van der Waals surface area contributed by atoms with Crippen molar-refractivity contribution in [1.29, 1.82) is 0 Å². The predicted molar refractivity (Wildman–Crippen MR) is 109 cm³/mol. The van der Waals surface area contributed by atoms with Crippen molar-refractivity contribution in [2.45, 2.75) is 13.5 Å². The Hall–Kier alpha value is -3.26. The molecule has 8 nitrogen and oxygen atoms in total. The Morgan fingerprint density at radius 3 is 2.76 bits per heavy atom. The van der Waals surface area contributed by atoms with E-state index in [4.69, 9.17) is 4.74 Å². The number of aryl methyl sites for hydroxylation is 1. The SMILES string of the molecule is Cc1ccccc1-n1cc(CN(C)c2cncc(C(=O)N3CCOCC3)n2)cn1. The molecular formula is C21H24N6O2. The molecule has 0 saturated carbocycles. The molecule has 4 rings (SSSR count). The van der Waals surface area contributed by atoms with Gasteiger partial charge in [-0.1, -0.05) is 18.2 Å². The summed E-state index contributed by atoms with van der Waals surface area (Å²) in [5.74, 6) is 0.538. The molecule has 1 aromatic carbocycles. The smallest absolute Gasteiger partial charge is 0.274 e. The molecule has 1 saturated heterocycles. The van der Waals surface area contributed by atoms with Gasteiger partial charge >= 0.3 is 0 Å². The molecule has 3 heterocycles. The fourth-order valence-electron chi connectivity index (χ4n) is 3.32. The summed E-state index contributed by atoms with van der Waals surface area (Å²) in [6, 6.07) is 8.13. The third kappa shape index (κ3) is 4.27. The van der Waals surface area contributed by atoms with Crippen molar-refractivity contribution in [2.24, 2.45) is 0 Å². The molecule has 0 spiro atoms. The van der Waals surface area contributed by atoms with E-state index in [0.29, 0.717) is 44.4 Å². The van der Waals surface area contributed by atoms with Crippen molar-refractivity contribution in [3.63, 3.8) is 0 Å². The molecule has 0 aliphatic carbocycles. The zero-order chi connectivity index (χ0) is 20.2. The molecule has 2 aromatic heterocycles. The average molecular weight is 392 g/mol. The Kier molecular flexibility index (Phi) is 5.53. The Balaban J connectivity index is 1.47. The summed E-state index contributed by atoms with van der Waals surface area (Å²) in [5.41, 5.74) is 3.62. The lowest BCUT2D eigenvalue weighted by molar-refractivity contribution is 0.0299. The number of nitrogens with zero attached hydrogens (tertiary/aromatic N) is 6. The van der Waals surface area contributed by atoms with E-state index >= 15 is 0 Å². The Morgan fingerprint density at radius 2 is 1.97 bits per heavy atom. The summed E-state index contributed by atoms with van der Waals surface area (Å²) in [4.78, 5) is 25.1. The lowest BCUT2D eigenvalue weighted by Crippen LogP contribution is -2.41. The number of morpholine rings is 1. The number of rotatable bonds is 5. The average Bonchev–Trinajstić information content (AvgIpc) is 3.22. The molecule has 1 aliphatic heterocycles. The van der Waals surface area contributed by atoms with Crippen LogP contribution in [0, 0.1) is 6.92 Å². The highest BCUT2D eigenvalue weighted by Gasteiger charge is 2.20. The number of hydrogen-bond donors (Lipinski definition) is 0. The first-order valence-corrected chi connectivity index (χ1v) is 9.61. The van der Waals surface area contributed by atoms with Gasteiger partial charge in [0.25, 0.3) is 5.91 Å². The second-order valence-corrected chi connectivity index (χ2v) is 7.10. The van der Waals surface area contributed by atoms with Crippen molar-refractivity contribution >= 4 is 11.7 Å². The van der Waals surface area contributed by atoms with E-state index in [1.54, 1.807) is 11.1 Å². The molecule has 0 atom stereocenters. The van der Waals surface area contributed by atoms with Crippen LogP contribution in [0.4, 0.5) is 5.82 Å². The van der Waals surface area contributed by atoms with E-state index in [-0.39, 0.29) is 5.91 Å². The van der Waals surface area contributed by atoms with Gasteiger partial charge in [0.15, 0.2) is 0 Å². The summed E-state index contributed by atoms with van der Waals surface area (Å²) in [5, 5.41) is 4.48. The maximum Gasteiger partial charge on any atom is 0.274 e. The number of amides is 1. The Morgan fingerprint density at radius 1 is 1.17 bits per heavy atom. The van der Waals surface area contributed by atoms with Gasteiger partial charge < -0.3 is 14.5 Å². The summed E-state index contributed by atoms with van der Waals surface area (Å²) in [6.07, 6.45) is 7.04. The van der Waals surface area contributed by atoms with Crippen LogP contribution in [0.3, 0.4) is 0 Å². The molecule has 8 heteroatoms. The largest absolute Gasteiger partial charge is 0.378 e. The van der Waals surface area contributed by atoms with Crippen LogP contribution < -0.4 is 4.90 Å². The van der Waals surface area contributed by atoms with Gasteiger partial charge in [-0.25, -0.2) is 9.67 Å². The number of anilines is 1. The monoisotopic (exact) mass is 392 g/mol. The Bertz CT molecular complexity index is 996. The number of ether oxygens (including phenoxy) is 1. The third-order valence-corrected chi connectivity index (χ3v) is 4.95. The fraction of sp³-hybridized carbons (Fsp3) is 0.333. The van der Waals surface area contributed by atoms with Crippen molar-refractivity contribution in [1.82, 2.24) is 24.6 Å². The molecule has 1 amide bonds. The molecule has 0 bridgehead atoms. The molecular weight excluding hydrogens is 368 g/mol. The number of carbonyl (C=O) groups excluding carboxylic acids is 1. The highest BCUT2D eigenvalue weighted by molar-refractivity contribution is 5.92. The van der Waals surface area contributed by atoms with E-state index in [0.717, 1.165) is 16.8 Å². The fourth-order valence-corrected chi connectivity index (χ4v) is 3.32. The van der Waals surface area contributed by atoms with Crippen molar-refractivity contribution in [3.05, 3.63) is 65.9 Å².